The molecule has 0 aliphatic heterocycles. The molecule has 1 rings (SSSR count). The first kappa shape index (κ1) is 22.5. The van der Waals surface area contributed by atoms with Gasteiger partial charge >= 0.3 is 0 Å². The second kappa shape index (κ2) is 15.7. The van der Waals surface area contributed by atoms with Crippen LogP contribution >= 0.6 is 0 Å². The molecule has 148 valence electrons. The minimum Gasteiger partial charge on any atom is -0.494 e. The average Bonchev–Trinajstić information content (AvgIpc) is 2.65. The van der Waals surface area contributed by atoms with Gasteiger partial charge in [-0.15, -0.1) is 0 Å². The van der Waals surface area contributed by atoms with Crippen molar-refractivity contribution in [2.45, 2.75) is 71.1 Å². The molecule has 0 amide bonds. The first-order valence-corrected chi connectivity index (χ1v) is 10.2. The number of hydrogen-bond acceptors (Lipinski definition) is 4. The van der Waals surface area contributed by atoms with Crippen molar-refractivity contribution in [1.29, 1.82) is 0 Å². The smallest absolute Gasteiger partial charge is 0.129 e. The predicted octanol–water partition coefficient (Wildman–Crippen LogP) is 5.61. The number of unbranched alkanes of at least 4 members (excludes halogenated alkanes) is 7. The van der Waals surface area contributed by atoms with Crippen molar-refractivity contribution in [3.8, 4) is 5.75 Å². The molecule has 4 nitrogen and oxygen atoms in total. The lowest BCUT2D eigenvalue weighted by molar-refractivity contribution is -0.117. The lowest BCUT2D eigenvalue weighted by Crippen LogP contribution is -1.99. The summed E-state index contributed by atoms with van der Waals surface area (Å²) in [6.45, 7) is 4.17. The first-order chi connectivity index (χ1) is 12.7. The van der Waals surface area contributed by atoms with Crippen LogP contribution in [-0.4, -0.2) is 32.7 Å². The second-order valence-electron chi connectivity index (χ2n) is 6.87. The molecule has 0 heterocycles. The van der Waals surface area contributed by atoms with Gasteiger partial charge in [0.1, 0.15) is 11.5 Å². The van der Waals surface area contributed by atoms with Crippen LogP contribution < -0.4 is 10.1 Å². The molecular formula is C22H37NO3. The number of carbonyl (C=O) groups excluding carboxylic acids is 1. The summed E-state index contributed by atoms with van der Waals surface area (Å²) in [6.07, 6.45) is 11.2. The SMILES string of the molecule is CNc1ccc(OCCCCCCCCOCCCCCC(C)=O)cc1. The van der Waals surface area contributed by atoms with Gasteiger partial charge in [-0.2, -0.15) is 0 Å². The molecule has 0 bridgehead atoms. The molecule has 1 aromatic rings. The first-order valence-electron chi connectivity index (χ1n) is 10.2. The molecule has 0 unspecified atom stereocenters. The molecule has 1 N–H and O–H groups in total. The van der Waals surface area contributed by atoms with Crippen LogP contribution in [0, 0.1) is 0 Å². The number of hydrogen-bond donors (Lipinski definition) is 1. The normalized spacial score (nSPS) is 10.7. The maximum atomic E-state index is 10.8. The van der Waals surface area contributed by atoms with E-state index in [1.807, 2.05) is 31.3 Å². The van der Waals surface area contributed by atoms with E-state index < -0.39 is 0 Å². The zero-order valence-corrected chi connectivity index (χ0v) is 16.7. The Kier molecular flexibility index (Phi) is 13.6. The Bertz CT molecular complexity index is 459. The lowest BCUT2D eigenvalue weighted by atomic mass is 10.1. The van der Waals surface area contributed by atoms with Gasteiger partial charge in [-0.3, -0.25) is 0 Å². The van der Waals surface area contributed by atoms with Gasteiger partial charge < -0.3 is 19.6 Å². The zero-order chi connectivity index (χ0) is 18.9. The molecule has 0 aliphatic carbocycles. The molecule has 0 saturated heterocycles. The monoisotopic (exact) mass is 363 g/mol. The molecule has 0 atom stereocenters. The number of ketones is 1. The van der Waals surface area contributed by atoms with Gasteiger partial charge in [0.15, 0.2) is 0 Å². The van der Waals surface area contributed by atoms with Crippen molar-refractivity contribution in [3.05, 3.63) is 24.3 Å². The summed E-state index contributed by atoms with van der Waals surface area (Å²) in [5, 5.41) is 3.10. The van der Waals surface area contributed by atoms with Crippen LogP contribution in [0.25, 0.3) is 0 Å². The van der Waals surface area contributed by atoms with Crippen LogP contribution in [0.4, 0.5) is 5.69 Å². The molecule has 0 aromatic heterocycles. The minimum atomic E-state index is 0.292. The number of rotatable bonds is 17. The largest absolute Gasteiger partial charge is 0.494 e. The third-order valence-electron chi connectivity index (χ3n) is 4.41. The van der Waals surface area contributed by atoms with E-state index in [0.29, 0.717) is 12.2 Å². The van der Waals surface area contributed by atoms with Crippen molar-refractivity contribution in [2.24, 2.45) is 0 Å². The fourth-order valence-corrected chi connectivity index (χ4v) is 2.78. The van der Waals surface area contributed by atoms with Gasteiger partial charge in [0.2, 0.25) is 0 Å². The molecule has 26 heavy (non-hydrogen) atoms. The summed E-state index contributed by atoms with van der Waals surface area (Å²) < 4.78 is 11.4. The minimum absolute atomic E-state index is 0.292. The third kappa shape index (κ3) is 12.8. The van der Waals surface area contributed by atoms with Crippen LogP contribution in [-0.2, 0) is 9.53 Å². The molecule has 0 radical (unpaired) electrons. The fraction of sp³-hybridized carbons (Fsp3) is 0.682. The molecular weight excluding hydrogens is 326 g/mol. The van der Waals surface area contributed by atoms with E-state index in [4.69, 9.17) is 9.47 Å². The summed E-state index contributed by atoms with van der Waals surface area (Å²) in [4.78, 5) is 10.8. The predicted molar refractivity (Wildman–Crippen MR) is 109 cm³/mol. The Hall–Kier alpha value is -1.55. The molecule has 0 spiro atoms. The topological polar surface area (TPSA) is 47.6 Å². The van der Waals surface area contributed by atoms with Crippen molar-refractivity contribution >= 4 is 11.5 Å². The van der Waals surface area contributed by atoms with Crippen LogP contribution in [0.3, 0.4) is 0 Å². The summed E-state index contributed by atoms with van der Waals surface area (Å²) >= 11 is 0. The number of carbonyl (C=O) groups is 1. The van der Waals surface area contributed by atoms with Crippen LogP contribution in [0.15, 0.2) is 24.3 Å². The quantitative estimate of drug-likeness (QED) is 0.365. The number of ether oxygens (including phenoxy) is 2. The van der Waals surface area contributed by atoms with Crippen LogP contribution in [0.5, 0.6) is 5.75 Å². The van der Waals surface area contributed by atoms with Gasteiger partial charge in [-0.1, -0.05) is 32.1 Å². The summed E-state index contributed by atoms with van der Waals surface area (Å²) in [5.41, 5.74) is 1.11. The standard InChI is InChI=1S/C22H37NO3/c1-20(24)12-8-7-10-18-25-17-9-5-3-4-6-11-19-26-22-15-13-21(23-2)14-16-22/h13-16,23H,3-12,17-19H2,1-2H3. The average molecular weight is 364 g/mol. The highest BCUT2D eigenvalue weighted by atomic mass is 16.5. The zero-order valence-electron chi connectivity index (χ0n) is 16.7. The van der Waals surface area contributed by atoms with Crippen molar-refractivity contribution in [1.82, 2.24) is 0 Å². The van der Waals surface area contributed by atoms with Gasteiger partial charge in [0.05, 0.1) is 6.61 Å². The highest BCUT2D eigenvalue weighted by Crippen LogP contribution is 2.15. The molecule has 0 fully saturated rings. The Balaban J connectivity index is 1.78. The van der Waals surface area contributed by atoms with Crippen molar-refractivity contribution in [2.75, 3.05) is 32.2 Å². The van der Waals surface area contributed by atoms with E-state index in [1.54, 1.807) is 6.92 Å². The number of nitrogens with one attached hydrogen (secondary N) is 1. The fourth-order valence-electron chi connectivity index (χ4n) is 2.78. The van der Waals surface area contributed by atoms with Gasteiger partial charge in [-0.05, 0) is 56.9 Å². The van der Waals surface area contributed by atoms with Crippen LogP contribution in [0.2, 0.25) is 0 Å². The molecule has 1 aromatic carbocycles. The third-order valence-corrected chi connectivity index (χ3v) is 4.41. The molecule has 0 aliphatic rings. The number of anilines is 1. The van der Waals surface area contributed by atoms with E-state index in [9.17, 15) is 4.79 Å². The number of benzene rings is 1. The Morgan fingerprint density at radius 1 is 0.808 bits per heavy atom. The Morgan fingerprint density at radius 3 is 1.92 bits per heavy atom. The van der Waals surface area contributed by atoms with Crippen molar-refractivity contribution < 1.29 is 14.3 Å². The van der Waals surface area contributed by atoms with Crippen LogP contribution in [0.1, 0.15) is 71.1 Å². The van der Waals surface area contributed by atoms with E-state index in [1.165, 1.54) is 25.7 Å². The maximum Gasteiger partial charge on any atom is 0.129 e. The van der Waals surface area contributed by atoms with Gasteiger partial charge in [0, 0.05) is 32.4 Å². The summed E-state index contributed by atoms with van der Waals surface area (Å²) in [7, 11) is 1.92. The van der Waals surface area contributed by atoms with E-state index in [2.05, 4.69) is 5.32 Å². The summed E-state index contributed by atoms with van der Waals surface area (Å²) in [5.74, 6) is 1.24. The second-order valence-corrected chi connectivity index (χ2v) is 6.87. The lowest BCUT2D eigenvalue weighted by Gasteiger charge is -2.07. The Labute approximate surface area is 159 Å². The van der Waals surface area contributed by atoms with Crippen molar-refractivity contribution in [3.63, 3.8) is 0 Å². The van der Waals surface area contributed by atoms with Gasteiger partial charge in [-0.25, -0.2) is 0 Å². The molecule has 0 saturated carbocycles. The number of Topliss-reactive ketones (excluding diaryl/α,β-unsaturated/α-hetero) is 1. The highest BCUT2D eigenvalue weighted by molar-refractivity contribution is 5.75. The van der Waals surface area contributed by atoms with E-state index in [-0.39, 0.29) is 0 Å². The maximum absolute atomic E-state index is 10.8. The highest BCUT2D eigenvalue weighted by Gasteiger charge is 1.97. The summed E-state index contributed by atoms with van der Waals surface area (Å²) in [6, 6.07) is 8.08. The van der Waals surface area contributed by atoms with E-state index in [0.717, 1.165) is 63.4 Å². The Morgan fingerprint density at radius 2 is 1.35 bits per heavy atom. The van der Waals surface area contributed by atoms with Gasteiger partial charge in [0.25, 0.3) is 0 Å². The molecule has 4 heteroatoms. The van der Waals surface area contributed by atoms with E-state index >= 15 is 0 Å².